The molecule has 5 rings (SSSR count). The molecule has 3 aromatic rings. The molecule has 2 fully saturated rings. The Morgan fingerprint density at radius 2 is 1.70 bits per heavy atom. The summed E-state index contributed by atoms with van der Waals surface area (Å²) in [5.74, 6) is 0.937. The summed E-state index contributed by atoms with van der Waals surface area (Å²) in [7, 11) is 0. The highest BCUT2D eigenvalue weighted by atomic mass is 19.1. The standard InChI is InChI=1S/C26H30FN3.C2H4O/c1-16-12-20(10-11-22(16)27)30-24-13-19(15-28)23(29)14-21(24)25(17-8-5-9-17)26(30)18-6-3-2-4-7-18;1-2-3/h10-15,17-18,28H,2-9,29H2,1H3;2H,1H3. The smallest absolute Gasteiger partial charge is 0.126 e. The number of halogens is 1. The van der Waals surface area contributed by atoms with Gasteiger partial charge in [0.25, 0.3) is 0 Å². The Hall–Kier alpha value is -2.95. The van der Waals surface area contributed by atoms with Crippen molar-refractivity contribution in [3.63, 3.8) is 0 Å². The van der Waals surface area contributed by atoms with Gasteiger partial charge in [0.1, 0.15) is 12.1 Å². The third-order valence-electron chi connectivity index (χ3n) is 7.31. The molecule has 0 unspecified atom stereocenters. The largest absolute Gasteiger partial charge is 0.398 e. The lowest BCUT2D eigenvalue weighted by Gasteiger charge is -2.31. The van der Waals surface area contributed by atoms with Crippen LogP contribution in [0.15, 0.2) is 30.3 Å². The molecular weight excluding hydrogens is 413 g/mol. The van der Waals surface area contributed by atoms with Crippen molar-refractivity contribution in [3.05, 3.63) is 58.5 Å². The summed E-state index contributed by atoms with van der Waals surface area (Å²) in [4.78, 5) is 8.81. The maximum absolute atomic E-state index is 14.1. The van der Waals surface area contributed by atoms with Gasteiger partial charge in [0.15, 0.2) is 0 Å². The molecule has 2 aromatic carbocycles. The number of aldehydes is 1. The van der Waals surface area contributed by atoms with Gasteiger partial charge in [-0.2, -0.15) is 0 Å². The summed E-state index contributed by atoms with van der Waals surface area (Å²) < 4.78 is 16.5. The van der Waals surface area contributed by atoms with Crippen molar-refractivity contribution >= 4 is 29.1 Å². The SMILES string of the molecule is CC=O.Cc1cc(-n2c(C3CCCCC3)c(C3CCC3)c3cc(N)c(C=N)cc32)ccc1F. The van der Waals surface area contributed by atoms with Crippen LogP contribution in [0, 0.1) is 18.2 Å². The van der Waals surface area contributed by atoms with E-state index in [0.717, 1.165) is 23.1 Å². The third kappa shape index (κ3) is 4.33. The van der Waals surface area contributed by atoms with Crippen molar-refractivity contribution in [2.75, 3.05) is 5.73 Å². The average molecular weight is 448 g/mol. The topological polar surface area (TPSA) is 71.9 Å². The van der Waals surface area contributed by atoms with Gasteiger partial charge in [0.05, 0.1) is 5.52 Å². The first-order valence-corrected chi connectivity index (χ1v) is 12.1. The van der Waals surface area contributed by atoms with Gasteiger partial charge in [-0.25, -0.2) is 4.39 Å². The average Bonchev–Trinajstić information content (AvgIpc) is 3.08. The molecule has 2 saturated carbocycles. The summed E-state index contributed by atoms with van der Waals surface area (Å²) in [6.07, 6.45) is 12.1. The molecule has 2 aliphatic carbocycles. The number of rotatable bonds is 4. The molecule has 174 valence electrons. The van der Waals surface area contributed by atoms with Crippen LogP contribution in [0.1, 0.15) is 92.5 Å². The molecule has 2 aliphatic rings. The molecule has 0 amide bonds. The third-order valence-corrected chi connectivity index (χ3v) is 7.31. The molecular formula is C28H34FN3O. The number of nitrogens with two attached hydrogens (primary N) is 1. The van der Waals surface area contributed by atoms with E-state index >= 15 is 0 Å². The van der Waals surface area contributed by atoms with E-state index in [9.17, 15) is 4.39 Å². The molecule has 0 bridgehead atoms. The molecule has 4 nitrogen and oxygen atoms in total. The molecule has 3 N–H and O–H groups in total. The zero-order chi connectivity index (χ0) is 23.5. The number of nitrogen functional groups attached to an aromatic ring is 1. The zero-order valence-corrected chi connectivity index (χ0v) is 19.7. The fourth-order valence-electron chi connectivity index (χ4n) is 5.49. The van der Waals surface area contributed by atoms with Crippen LogP contribution in [-0.4, -0.2) is 17.1 Å². The second kappa shape index (κ2) is 9.90. The fourth-order valence-corrected chi connectivity index (χ4v) is 5.49. The van der Waals surface area contributed by atoms with Crippen LogP contribution in [0.25, 0.3) is 16.6 Å². The Bertz CT molecular complexity index is 1170. The van der Waals surface area contributed by atoms with Crippen molar-refractivity contribution in [2.45, 2.75) is 77.0 Å². The fraction of sp³-hybridized carbons (Fsp3) is 0.429. The van der Waals surface area contributed by atoms with E-state index in [0.29, 0.717) is 23.1 Å². The molecule has 5 heteroatoms. The number of nitrogens with zero attached hydrogens (tertiary/aromatic N) is 1. The van der Waals surface area contributed by atoms with Gasteiger partial charge in [0, 0.05) is 34.2 Å². The number of anilines is 1. The molecule has 1 heterocycles. The summed E-state index contributed by atoms with van der Waals surface area (Å²) in [6, 6.07) is 9.59. The van der Waals surface area contributed by atoms with Gasteiger partial charge in [0.2, 0.25) is 0 Å². The minimum atomic E-state index is -0.168. The Balaban J connectivity index is 0.000000821. The Kier molecular flexibility index (Phi) is 6.96. The predicted octanol–water partition coefficient (Wildman–Crippen LogP) is 7.18. The Labute approximate surface area is 195 Å². The molecule has 0 atom stereocenters. The van der Waals surface area contributed by atoms with E-state index in [2.05, 4.69) is 16.7 Å². The van der Waals surface area contributed by atoms with E-state index in [1.807, 2.05) is 19.1 Å². The van der Waals surface area contributed by atoms with Crippen molar-refractivity contribution < 1.29 is 9.18 Å². The van der Waals surface area contributed by atoms with E-state index < -0.39 is 0 Å². The highest BCUT2D eigenvalue weighted by Gasteiger charge is 2.33. The van der Waals surface area contributed by atoms with Crippen molar-refractivity contribution in [1.29, 1.82) is 5.41 Å². The number of carbonyl (C=O) groups is 1. The number of hydrogen-bond acceptors (Lipinski definition) is 3. The van der Waals surface area contributed by atoms with Gasteiger partial charge in [-0.1, -0.05) is 25.7 Å². The van der Waals surface area contributed by atoms with Crippen molar-refractivity contribution in [3.8, 4) is 5.69 Å². The minimum Gasteiger partial charge on any atom is -0.398 e. The summed E-state index contributed by atoms with van der Waals surface area (Å²) in [5, 5.41) is 9.05. The van der Waals surface area contributed by atoms with E-state index in [-0.39, 0.29) is 5.82 Å². The number of carbonyl (C=O) groups excluding carboxylic acids is 1. The number of benzene rings is 2. The monoisotopic (exact) mass is 447 g/mol. The van der Waals surface area contributed by atoms with Crippen LogP contribution in [0.3, 0.4) is 0 Å². The predicted molar refractivity (Wildman–Crippen MR) is 134 cm³/mol. The minimum absolute atomic E-state index is 0.168. The summed E-state index contributed by atoms with van der Waals surface area (Å²) in [6.45, 7) is 3.28. The van der Waals surface area contributed by atoms with Crippen LogP contribution >= 0.6 is 0 Å². The molecule has 0 saturated heterocycles. The van der Waals surface area contributed by atoms with Gasteiger partial charge >= 0.3 is 0 Å². The number of fused-ring (bicyclic) bond motifs is 1. The van der Waals surface area contributed by atoms with E-state index in [1.54, 1.807) is 6.07 Å². The summed E-state index contributed by atoms with van der Waals surface area (Å²) >= 11 is 0. The molecule has 1 aromatic heterocycles. The maximum Gasteiger partial charge on any atom is 0.126 e. The van der Waals surface area contributed by atoms with E-state index in [1.165, 1.54) is 81.1 Å². The second-order valence-electron chi connectivity index (χ2n) is 9.41. The summed E-state index contributed by atoms with van der Waals surface area (Å²) in [5.41, 5.74) is 13.4. The van der Waals surface area contributed by atoms with E-state index in [4.69, 9.17) is 15.9 Å². The quantitative estimate of drug-likeness (QED) is 0.253. The Morgan fingerprint density at radius 1 is 1.03 bits per heavy atom. The Morgan fingerprint density at radius 3 is 2.27 bits per heavy atom. The second-order valence-corrected chi connectivity index (χ2v) is 9.41. The lowest BCUT2D eigenvalue weighted by atomic mass is 9.75. The van der Waals surface area contributed by atoms with Gasteiger partial charge in [-0.05, 0) is 92.8 Å². The van der Waals surface area contributed by atoms with Gasteiger partial charge in [-0.3, -0.25) is 0 Å². The van der Waals surface area contributed by atoms with Gasteiger partial charge in [-0.15, -0.1) is 0 Å². The van der Waals surface area contributed by atoms with Crippen molar-refractivity contribution in [1.82, 2.24) is 4.57 Å². The van der Waals surface area contributed by atoms with Crippen LogP contribution in [-0.2, 0) is 4.79 Å². The molecule has 33 heavy (non-hydrogen) atoms. The van der Waals surface area contributed by atoms with Crippen LogP contribution in [0.4, 0.5) is 10.1 Å². The molecule has 0 aliphatic heterocycles. The normalized spacial score (nSPS) is 16.7. The molecule has 0 spiro atoms. The first kappa shape index (κ1) is 23.2. The highest BCUT2D eigenvalue weighted by molar-refractivity contribution is 5.98. The van der Waals surface area contributed by atoms with Crippen molar-refractivity contribution in [2.24, 2.45) is 0 Å². The van der Waals surface area contributed by atoms with Gasteiger partial charge < -0.3 is 20.5 Å². The first-order chi connectivity index (χ1) is 16.0. The lowest BCUT2D eigenvalue weighted by Crippen LogP contribution is -2.16. The van der Waals surface area contributed by atoms with Crippen LogP contribution in [0.5, 0.6) is 0 Å². The first-order valence-electron chi connectivity index (χ1n) is 12.1. The number of aromatic nitrogens is 1. The number of nitrogens with one attached hydrogen (secondary N) is 1. The number of hydrogen-bond donors (Lipinski definition) is 2. The van der Waals surface area contributed by atoms with Crippen LogP contribution < -0.4 is 5.73 Å². The highest BCUT2D eigenvalue weighted by Crippen LogP contribution is 2.49. The van der Waals surface area contributed by atoms with Crippen LogP contribution in [0.2, 0.25) is 0 Å². The maximum atomic E-state index is 14.1. The molecule has 0 radical (unpaired) electrons. The lowest BCUT2D eigenvalue weighted by molar-refractivity contribution is -0.106. The number of aryl methyl sites for hydroxylation is 1. The zero-order valence-electron chi connectivity index (χ0n) is 19.7.